The third-order valence-corrected chi connectivity index (χ3v) is 5.34. The molecule has 144 valence electrons. The summed E-state index contributed by atoms with van der Waals surface area (Å²) < 4.78 is 6.40. The van der Waals surface area contributed by atoms with Crippen molar-refractivity contribution in [3.05, 3.63) is 64.1 Å². The SMILES string of the molecule is CN=C(NCc1ccccc1COC)NC1CCN(c2ccc(Br)cc2)C1. The smallest absolute Gasteiger partial charge is 0.191 e. The number of anilines is 1. The van der Waals surface area contributed by atoms with Crippen molar-refractivity contribution in [3.8, 4) is 0 Å². The Kier molecular flexibility index (Phi) is 7.12. The number of ether oxygens (including phenoxy) is 1. The van der Waals surface area contributed by atoms with Crippen LogP contribution in [0.1, 0.15) is 17.5 Å². The molecule has 1 heterocycles. The Balaban J connectivity index is 1.53. The van der Waals surface area contributed by atoms with Gasteiger partial charge in [-0.05, 0) is 41.8 Å². The first-order valence-corrected chi connectivity index (χ1v) is 10.0. The average molecular weight is 431 g/mol. The number of halogens is 1. The summed E-state index contributed by atoms with van der Waals surface area (Å²) >= 11 is 3.50. The van der Waals surface area contributed by atoms with Crippen LogP contribution in [0.3, 0.4) is 0 Å². The van der Waals surface area contributed by atoms with Crippen LogP contribution in [0.15, 0.2) is 58.0 Å². The van der Waals surface area contributed by atoms with Gasteiger partial charge >= 0.3 is 0 Å². The van der Waals surface area contributed by atoms with E-state index in [2.05, 4.69) is 78.9 Å². The quantitative estimate of drug-likeness (QED) is 0.543. The van der Waals surface area contributed by atoms with Crippen molar-refractivity contribution in [2.45, 2.75) is 25.6 Å². The molecular formula is C21H27BrN4O. The molecular weight excluding hydrogens is 404 g/mol. The monoisotopic (exact) mass is 430 g/mol. The maximum Gasteiger partial charge on any atom is 0.191 e. The van der Waals surface area contributed by atoms with Crippen LogP contribution in [0.2, 0.25) is 0 Å². The third-order valence-electron chi connectivity index (χ3n) is 4.81. The molecule has 1 saturated heterocycles. The first-order chi connectivity index (χ1) is 13.2. The average Bonchev–Trinajstić information content (AvgIpc) is 3.15. The molecule has 0 amide bonds. The van der Waals surface area contributed by atoms with E-state index in [0.29, 0.717) is 12.6 Å². The van der Waals surface area contributed by atoms with Crippen LogP contribution in [-0.2, 0) is 17.9 Å². The number of aliphatic imine (C=N–C) groups is 1. The molecule has 0 saturated carbocycles. The third kappa shape index (κ3) is 5.47. The molecule has 2 aromatic carbocycles. The molecule has 0 bridgehead atoms. The highest BCUT2D eigenvalue weighted by atomic mass is 79.9. The molecule has 2 aromatic rings. The molecule has 3 rings (SSSR count). The van der Waals surface area contributed by atoms with Gasteiger partial charge < -0.3 is 20.3 Å². The van der Waals surface area contributed by atoms with Crippen molar-refractivity contribution in [1.29, 1.82) is 0 Å². The van der Waals surface area contributed by atoms with Gasteiger partial charge in [0.2, 0.25) is 0 Å². The minimum atomic E-state index is 0.383. The Labute approximate surface area is 170 Å². The molecule has 1 unspecified atom stereocenters. The topological polar surface area (TPSA) is 48.9 Å². The van der Waals surface area contributed by atoms with Gasteiger partial charge in [0.1, 0.15) is 0 Å². The minimum Gasteiger partial charge on any atom is -0.380 e. The zero-order chi connectivity index (χ0) is 19.1. The van der Waals surface area contributed by atoms with Gasteiger partial charge in [-0.2, -0.15) is 0 Å². The lowest BCUT2D eigenvalue weighted by atomic mass is 10.1. The molecule has 0 spiro atoms. The van der Waals surface area contributed by atoms with Crippen molar-refractivity contribution in [2.75, 3.05) is 32.1 Å². The number of hydrogen-bond donors (Lipinski definition) is 2. The fraction of sp³-hybridized carbons (Fsp3) is 0.381. The summed E-state index contributed by atoms with van der Waals surface area (Å²) in [4.78, 5) is 6.80. The van der Waals surface area contributed by atoms with E-state index in [-0.39, 0.29) is 0 Å². The predicted octanol–water partition coefficient (Wildman–Crippen LogP) is 3.54. The molecule has 2 N–H and O–H groups in total. The van der Waals surface area contributed by atoms with Crippen LogP contribution in [0, 0.1) is 0 Å². The first kappa shape index (κ1) is 19.7. The van der Waals surface area contributed by atoms with Gasteiger partial charge in [-0.15, -0.1) is 0 Å². The van der Waals surface area contributed by atoms with E-state index in [1.54, 1.807) is 7.11 Å². The van der Waals surface area contributed by atoms with Gasteiger partial charge in [-0.25, -0.2) is 0 Å². The second kappa shape index (κ2) is 9.76. The highest BCUT2D eigenvalue weighted by Gasteiger charge is 2.23. The first-order valence-electron chi connectivity index (χ1n) is 9.23. The lowest BCUT2D eigenvalue weighted by Gasteiger charge is -2.21. The van der Waals surface area contributed by atoms with Crippen LogP contribution < -0.4 is 15.5 Å². The summed E-state index contributed by atoms with van der Waals surface area (Å²) in [6, 6.07) is 17.2. The van der Waals surface area contributed by atoms with Crippen LogP contribution >= 0.6 is 15.9 Å². The number of guanidine groups is 1. The summed E-state index contributed by atoms with van der Waals surface area (Å²) in [5.41, 5.74) is 3.69. The van der Waals surface area contributed by atoms with E-state index in [1.807, 2.05) is 13.1 Å². The lowest BCUT2D eigenvalue weighted by Crippen LogP contribution is -2.44. The maximum absolute atomic E-state index is 5.29. The van der Waals surface area contributed by atoms with Gasteiger partial charge in [0.25, 0.3) is 0 Å². The highest BCUT2D eigenvalue weighted by Crippen LogP contribution is 2.22. The van der Waals surface area contributed by atoms with Crippen molar-refractivity contribution in [2.24, 2.45) is 4.99 Å². The fourth-order valence-corrected chi connectivity index (χ4v) is 3.62. The molecule has 6 heteroatoms. The summed E-state index contributed by atoms with van der Waals surface area (Å²) in [7, 11) is 3.54. The molecule has 0 radical (unpaired) electrons. The van der Waals surface area contributed by atoms with Crippen LogP contribution in [0.4, 0.5) is 5.69 Å². The van der Waals surface area contributed by atoms with E-state index < -0.39 is 0 Å². The van der Waals surface area contributed by atoms with Crippen molar-refractivity contribution in [1.82, 2.24) is 10.6 Å². The molecule has 1 aliphatic rings. The van der Waals surface area contributed by atoms with Crippen LogP contribution in [-0.4, -0.2) is 39.2 Å². The molecule has 27 heavy (non-hydrogen) atoms. The summed E-state index contributed by atoms with van der Waals surface area (Å²) in [5.74, 6) is 0.838. The number of benzene rings is 2. The number of nitrogens with one attached hydrogen (secondary N) is 2. The van der Waals surface area contributed by atoms with E-state index in [1.165, 1.54) is 16.8 Å². The number of methoxy groups -OCH3 is 1. The predicted molar refractivity (Wildman–Crippen MR) is 115 cm³/mol. The number of hydrogen-bond acceptors (Lipinski definition) is 3. The summed E-state index contributed by atoms with van der Waals surface area (Å²) in [6.45, 7) is 3.37. The Morgan fingerprint density at radius 1 is 1.19 bits per heavy atom. The van der Waals surface area contributed by atoms with E-state index in [0.717, 1.165) is 36.5 Å². The largest absolute Gasteiger partial charge is 0.380 e. The second-order valence-electron chi connectivity index (χ2n) is 6.68. The zero-order valence-corrected chi connectivity index (χ0v) is 17.5. The van der Waals surface area contributed by atoms with Crippen LogP contribution in [0.25, 0.3) is 0 Å². The summed E-state index contributed by atoms with van der Waals surface area (Å²) in [6.07, 6.45) is 1.09. The Hall–Kier alpha value is -2.05. The molecule has 1 aliphatic heterocycles. The highest BCUT2D eigenvalue weighted by molar-refractivity contribution is 9.10. The van der Waals surface area contributed by atoms with Crippen LogP contribution in [0.5, 0.6) is 0 Å². The molecule has 0 aliphatic carbocycles. The Morgan fingerprint density at radius 2 is 1.93 bits per heavy atom. The van der Waals surface area contributed by atoms with Crippen molar-refractivity contribution >= 4 is 27.6 Å². The Bertz CT molecular complexity index is 763. The van der Waals surface area contributed by atoms with Crippen molar-refractivity contribution in [3.63, 3.8) is 0 Å². The standard InChI is InChI=1S/C21H27BrN4O/c1-23-21(24-13-16-5-3-4-6-17(16)15-27-2)25-19-11-12-26(14-19)20-9-7-18(22)8-10-20/h3-10,19H,11-15H2,1-2H3,(H2,23,24,25). The molecule has 1 atom stereocenters. The minimum absolute atomic E-state index is 0.383. The van der Waals surface area contributed by atoms with Gasteiger partial charge in [0.05, 0.1) is 6.61 Å². The maximum atomic E-state index is 5.29. The van der Waals surface area contributed by atoms with Crippen molar-refractivity contribution < 1.29 is 4.74 Å². The molecule has 1 fully saturated rings. The van der Waals surface area contributed by atoms with E-state index in [4.69, 9.17) is 4.74 Å². The lowest BCUT2D eigenvalue weighted by molar-refractivity contribution is 0.184. The Morgan fingerprint density at radius 3 is 2.63 bits per heavy atom. The van der Waals surface area contributed by atoms with E-state index >= 15 is 0 Å². The fourth-order valence-electron chi connectivity index (χ4n) is 3.36. The number of nitrogens with zero attached hydrogens (tertiary/aromatic N) is 2. The summed E-state index contributed by atoms with van der Waals surface area (Å²) in [5, 5.41) is 6.99. The van der Waals surface area contributed by atoms with Gasteiger partial charge in [0.15, 0.2) is 5.96 Å². The van der Waals surface area contributed by atoms with Gasteiger partial charge in [0, 0.05) is 50.0 Å². The zero-order valence-electron chi connectivity index (χ0n) is 15.9. The van der Waals surface area contributed by atoms with E-state index in [9.17, 15) is 0 Å². The molecule has 0 aromatic heterocycles. The molecule has 5 nitrogen and oxygen atoms in total. The normalized spacial score (nSPS) is 17.2. The van der Waals surface area contributed by atoms with Gasteiger partial charge in [-0.1, -0.05) is 40.2 Å². The van der Waals surface area contributed by atoms with Gasteiger partial charge in [-0.3, -0.25) is 4.99 Å². The second-order valence-corrected chi connectivity index (χ2v) is 7.60. The number of rotatable bonds is 6.